The van der Waals surface area contributed by atoms with Gasteiger partial charge in [0.25, 0.3) is 17.7 Å². The van der Waals surface area contributed by atoms with Gasteiger partial charge >= 0.3 is 6.18 Å². The second-order valence-corrected chi connectivity index (χ2v) is 17.4. The fraction of sp³-hybridized carbons (Fsp3) is 0.477. The van der Waals surface area contributed by atoms with Crippen molar-refractivity contribution < 1.29 is 41.9 Å². The number of hydrogen-bond acceptors (Lipinski definition) is 10. The zero-order chi connectivity index (χ0) is 42.6. The fourth-order valence-electron chi connectivity index (χ4n) is 10.2. The quantitative estimate of drug-likeness (QED) is 0.151. The molecule has 14 nitrogen and oxygen atoms in total. The van der Waals surface area contributed by atoms with Crippen LogP contribution in [0.5, 0.6) is 5.75 Å². The number of halogens is 3. The molecule has 2 aromatic carbocycles. The molecule has 320 valence electrons. The van der Waals surface area contributed by atoms with Crippen LogP contribution in [0.4, 0.5) is 24.5 Å². The number of piperidine rings is 2. The minimum absolute atomic E-state index is 0.0790. The number of pyridine rings is 1. The Hall–Kier alpha value is -5.84. The van der Waals surface area contributed by atoms with E-state index in [1.165, 1.54) is 13.2 Å². The number of rotatable bonds is 10. The molecule has 4 fully saturated rings. The van der Waals surface area contributed by atoms with Gasteiger partial charge in [0.2, 0.25) is 11.8 Å². The summed E-state index contributed by atoms with van der Waals surface area (Å²) >= 11 is 0. The van der Waals surface area contributed by atoms with Crippen LogP contribution in [0, 0.1) is 17.3 Å². The maximum atomic E-state index is 13.5. The number of carbonyl (C=O) groups excluding carboxylic acids is 5. The zero-order valence-corrected chi connectivity index (χ0v) is 33.7. The molecule has 5 heterocycles. The first kappa shape index (κ1) is 40.6. The number of likely N-dealkylation sites (tertiary alicyclic amines) is 1. The molecular formula is C44H47F3N8O6. The number of imide groups is 2. The molecule has 3 N–H and O–H groups in total. The van der Waals surface area contributed by atoms with Gasteiger partial charge in [-0.25, -0.2) is 4.98 Å². The van der Waals surface area contributed by atoms with Crippen LogP contribution < -0.4 is 20.7 Å². The number of carbonyl (C=O) groups is 5. The van der Waals surface area contributed by atoms with Gasteiger partial charge in [-0.1, -0.05) is 12.1 Å². The molecule has 0 bridgehead atoms. The molecule has 2 saturated carbocycles. The first-order valence-electron chi connectivity index (χ1n) is 21.0. The van der Waals surface area contributed by atoms with Crippen LogP contribution in [0.1, 0.15) is 107 Å². The molecule has 2 saturated heterocycles. The predicted molar refractivity (Wildman–Crippen MR) is 217 cm³/mol. The molecule has 0 radical (unpaired) electrons. The second-order valence-electron chi connectivity index (χ2n) is 17.4. The van der Waals surface area contributed by atoms with Crippen molar-refractivity contribution in [3.8, 4) is 5.75 Å². The second kappa shape index (κ2) is 15.9. The maximum absolute atomic E-state index is 13.5. The van der Waals surface area contributed by atoms with E-state index in [-0.39, 0.29) is 30.1 Å². The highest BCUT2D eigenvalue weighted by molar-refractivity contribution is 6.25. The largest absolute Gasteiger partial charge is 0.494 e. The summed E-state index contributed by atoms with van der Waals surface area (Å²) in [6, 6.07) is 11.0. The number of amides is 5. The Bertz CT molecular complexity index is 2410. The summed E-state index contributed by atoms with van der Waals surface area (Å²) in [5, 5.41) is 14.0. The van der Waals surface area contributed by atoms with Crippen molar-refractivity contribution in [2.45, 2.75) is 82.5 Å². The molecular weight excluding hydrogens is 794 g/mol. The van der Waals surface area contributed by atoms with Crippen LogP contribution >= 0.6 is 0 Å². The number of alkyl halides is 3. The predicted octanol–water partition coefficient (Wildman–Crippen LogP) is 6.45. The molecule has 4 aromatic rings. The summed E-state index contributed by atoms with van der Waals surface area (Å²) in [4.78, 5) is 70.9. The van der Waals surface area contributed by atoms with Crippen LogP contribution in [0.25, 0.3) is 10.9 Å². The number of fused-ring (bicyclic) bond motifs is 2. The van der Waals surface area contributed by atoms with Crippen LogP contribution in [-0.4, -0.2) is 93.4 Å². The third-order valence-corrected chi connectivity index (χ3v) is 13.5. The van der Waals surface area contributed by atoms with Crippen molar-refractivity contribution in [2.24, 2.45) is 17.3 Å². The lowest BCUT2D eigenvalue weighted by molar-refractivity contribution is -0.141. The zero-order valence-electron chi connectivity index (χ0n) is 33.7. The summed E-state index contributed by atoms with van der Waals surface area (Å²) in [6.07, 6.45) is 6.21. The van der Waals surface area contributed by atoms with Gasteiger partial charge in [-0.05, 0) is 118 Å². The Kier molecular flexibility index (Phi) is 10.6. The summed E-state index contributed by atoms with van der Waals surface area (Å²) in [6.45, 7) is 3.93. The van der Waals surface area contributed by atoms with Crippen molar-refractivity contribution in [1.82, 2.24) is 29.9 Å². The van der Waals surface area contributed by atoms with Gasteiger partial charge < -0.3 is 20.3 Å². The Labute approximate surface area is 349 Å². The Balaban J connectivity index is 0.732. The highest BCUT2D eigenvalue weighted by Gasteiger charge is 2.48. The topological polar surface area (TPSA) is 168 Å². The van der Waals surface area contributed by atoms with Gasteiger partial charge in [0.1, 0.15) is 23.2 Å². The number of hydrogen-bond donors (Lipinski definition) is 3. The molecule has 2 aromatic heterocycles. The molecule has 1 unspecified atom stereocenters. The van der Waals surface area contributed by atoms with Gasteiger partial charge in [-0.2, -0.15) is 18.3 Å². The molecule has 1 spiro atoms. The van der Waals surface area contributed by atoms with E-state index in [0.717, 1.165) is 93.4 Å². The smallest absolute Gasteiger partial charge is 0.433 e. The molecule has 1 atom stereocenters. The highest BCUT2D eigenvalue weighted by atomic mass is 19.4. The van der Waals surface area contributed by atoms with Crippen molar-refractivity contribution in [3.63, 3.8) is 0 Å². The number of ether oxygens (including phenoxy) is 1. The first-order chi connectivity index (χ1) is 29.3. The average molecular weight is 841 g/mol. The van der Waals surface area contributed by atoms with Crippen molar-refractivity contribution in [1.29, 1.82) is 0 Å². The summed E-state index contributed by atoms with van der Waals surface area (Å²) < 4.78 is 47.0. The van der Waals surface area contributed by atoms with E-state index in [1.54, 1.807) is 30.3 Å². The van der Waals surface area contributed by atoms with Gasteiger partial charge in [-0.15, -0.1) is 0 Å². The number of nitrogens with zero attached hydrogens (tertiary/aromatic N) is 5. The van der Waals surface area contributed by atoms with Gasteiger partial charge in [0.05, 0.1) is 35.5 Å². The van der Waals surface area contributed by atoms with E-state index in [2.05, 4.69) is 25.8 Å². The van der Waals surface area contributed by atoms with E-state index in [0.29, 0.717) is 52.0 Å². The van der Waals surface area contributed by atoms with E-state index in [9.17, 15) is 37.1 Å². The van der Waals surface area contributed by atoms with Crippen LogP contribution in [0.2, 0.25) is 0 Å². The Morgan fingerprint density at radius 1 is 0.934 bits per heavy atom. The summed E-state index contributed by atoms with van der Waals surface area (Å²) in [7, 11) is 1.46. The van der Waals surface area contributed by atoms with E-state index in [1.807, 2.05) is 10.9 Å². The molecule has 5 aliphatic rings. The van der Waals surface area contributed by atoms with Crippen molar-refractivity contribution in [2.75, 3.05) is 43.9 Å². The normalized spacial score (nSPS) is 23.2. The number of anilines is 2. The highest BCUT2D eigenvalue weighted by Crippen LogP contribution is 2.53. The van der Waals surface area contributed by atoms with Gasteiger partial charge in [0, 0.05) is 42.8 Å². The monoisotopic (exact) mass is 840 g/mol. The maximum Gasteiger partial charge on any atom is 0.433 e. The number of nitrogens with one attached hydrogen (secondary N) is 3. The third kappa shape index (κ3) is 7.95. The van der Waals surface area contributed by atoms with Crippen LogP contribution in [-0.2, 0) is 15.8 Å². The first-order valence-corrected chi connectivity index (χ1v) is 21.0. The standard InChI is InChI=1S/C44H47F3N8O6/c1-61-35-19-32-27(18-33(35)50-39(57)31-6-3-7-36(49-31)44(45,46)47)24-54(52-32)28-10-8-25(9-11-28)23-53-16-14-43(15-17-53)20-26(21-43)22-48-30-5-2-4-29-38(30)42(60)55(41(29)59)34-12-13-37(56)51-40(34)58/h2-7,18-19,24-26,28,34,48H,8-17,20-23H2,1H3,(H,50,57)(H,51,56,58). The van der Waals surface area contributed by atoms with E-state index < -0.39 is 47.4 Å². The van der Waals surface area contributed by atoms with Crippen molar-refractivity contribution in [3.05, 3.63) is 77.2 Å². The van der Waals surface area contributed by atoms with Gasteiger partial charge in [0.15, 0.2) is 0 Å². The lowest BCUT2D eigenvalue weighted by Gasteiger charge is -2.53. The summed E-state index contributed by atoms with van der Waals surface area (Å²) in [5.41, 5.74) is 1.03. The van der Waals surface area contributed by atoms with E-state index >= 15 is 0 Å². The molecule has 9 rings (SSSR count). The van der Waals surface area contributed by atoms with Crippen LogP contribution in [0.15, 0.2) is 54.7 Å². The summed E-state index contributed by atoms with van der Waals surface area (Å²) in [5.74, 6) is -1.40. The fourth-order valence-corrected chi connectivity index (χ4v) is 10.2. The SMILES string of the molecule is COc1cc2nn(C3CCC(CN4CCC5(CC4)CC(CNc4cccc6c4C(=O)N(C4CCC(=O)NC4=O)C6=O)C5)CC3)cc2cc1NC(=O)c1cccc(C(F)(F)F)n1. The lowest BCUT2D eigenvalue weighted by atomic mass is 9.57. The molecule has 5 amide bonds. The van der Waals surface area contributed by atoms with Gasteiger partial charge in [-0.3, -0.25) is 38.9 Å². The molecule has 17 heteroatoms. The molecule has 2 aliphatic carbocycles. The minimum atomic E-state index is -4.67. The minimum Gasteiger partial charge on any atom is -0.494 e. The third-order valence-electron chi connectivity index (χ3n) is 13.5. The average Bonchev–Trinajstić information content (AvgIpc) is 3.76. The lowest BCUT2D eigenvalue weighted by Crippen LogP contribution is -2.54. The number of methoxy groups -OCH3 is 1. The Morgan fingerprint density at radius 3 is 2.41 bits per heavy atom. The van der Waals surface area contributed by atoms with E-state index in [4.69, 9.17) is 9.84 Å². The van der Waals surface area contributed by atoms with Crippen LogP contribution in [0.3, 0.4) is 0 Å². The number of aromatic nitrogens is 3. The number of benzene rings is 2. The Morgan fingerprint density at radius 2 is 1.69 bits per heavy atom. The van der Waals surface area contributed by atoms with Crippen molar-refractivity contribution >= 4 is 51.8 Å². The molecule has 61 heavy (non-hydrogen) atoms. The molecule has 3 aliphatic heterocycles.